The summed E-state index contributed by atoms with van der Waals surface area (Å²) in [6, 6.07) is 9.15. The van der Waals surface area contributed by atoms with Crippen molar-refractivity contribution in [2.75, 3.05) is 0 Å². The van der Waals surface area contributed by atoms with Crippen LogP contribution in [0.1, 0.15) is 5.56 Å². The SMILES string of the molecule is C#CN[C@@H](Cc1c[nH]c2ccccc12)C(=O)O. The van der Waals surface area contributed by atoms with Gasteiger partial charge in [0.2, 0.25) is 0 Å². The highest BCUT2D eigenvalue weighted by molar-refractivity contribution is 5.84. The number of hydrogen-bond acceptors (Lipinski definition) is 2. The summed E-state index contributed by atoms with van der Waals surface area (Å²) in [4.78, 5) is 14.1. The average Bonchev–Trinajstić information content (AvgIpc) is 2.72. The fraction of sp³-hybridized carbons (Fsp3) is 0.154. The summed E-state index contributed by atoms with van der Waals surface area (Å²) >= 11 is 0. The van der Waals surface area contributed by atoms with E-state index in [2.05, 4.69) is 16.3 Å². The monoisotopic (exact) mass is 228 g/mol. The molecule has 0 saturated carbocycles. The molecular weight excluding hydrogens is 216 g/mol. The van der Waals surface area contributed by atoms with Crippen molar-refractivity contribution in [2.45, 2.75) is 12.5 Å². The fourth-order valence-electron chi connectivity index (χ4n) is 1.82. The number of aromatic nitrogens is 1. The number of carbonyl (C=O) groups is 1. The third kappa shape index (κ3) is 2.23. The molecule has 0 aliphatic rings. The van der Waals surface area contributed by atoms with Gasteiger partial charge in [-0.2, -0.15) is 0 Å². The van der Waals surface area contributed by atoms with E-state index >= 15 is 0 Å². The highest BCUT2D eigenvalue weighted by Gasteiger charge is 2.18. The van der Waals surface area contributed by atoms with Gasteiger partial charge in [0.05, 0.1) is 0 Å². The van der Waals surface area contributed by atoms with Crippen LogP contribution in [0.3, 0.4) is 0 Å². The van der Waals surface area contributed by atoms with Gasteiger partial charge in [-0.05, 0) is 11.6 Å². The van der Waals surface area contributed by atoms with E-state index in [-0.39, 0.29) is 0 Å². The Hall–Kier alpha value is -2.41. The molecule has 86 valence electrons. The van der Waals surface area contributed by atoms with Crippen molar-refractivity contribution in [3.8, 4) is 12.5 Å². The number of aromatic amines is 1. The highest BCUT2D eigenvalue weighted by Crippen LogP contribution is 2.19. The predicted octanol–water partition coefficient (Wildman–Crippen LogP) is 1.34. The lowest BCUT2D eigenvalue weighted by Gasteiger charge is -2.09. The molecule has 4 nitrogen and oxygen atoms in total. The number of benzene rings is 1. The Morgan fingerprint density at radius 2 is 2.29 bits per heavy atom. The second-order valence-electron chi connectivity index (χ2n) is 3.74. The Morgan fingerprint density at radius 1 is 1.53 bits per heavy atom. The second-order valence-corrected chi connectivity index (χ2v) is 3.74. The Balaban J connectivity index is 2.28. The molecule has 2 rings (SSSR count). The van der Waals surface area contributed by atoms with Crippen molar-refractivity contribution in [3.63, 3.8) is 0 Å². The number of carboxylic acids is 1. The molecule has 1 aromatic heterocycles. The molecule has 17 heavy (non-hydrogen) atoms. The first-order valence-corrected chi connectivity index (χ1v) is 5.21. The molecule has 1 atom stereocenters. The highest BCUT2D eigenvalue weighted by atomic mass is 16.4. The Labute approximate surface area is 98.7 Å². The molecule has 0 aliphatic carbocycles. The minimum atomic E-state index is -0.951. The van der Waals surface area contributed by atoms with Crippen LogP contribution in [0.25, 0.3) is 10.9 Å². The Bertz CT molecular complexity index is 580. The molecule has 0 saturated heterocycles. The van der Waals surface area contributed by atoms with Crippen LogP contribution in [0.15, 0.2) is 30.5 Å². The van der Waals surface area contributed by atoms with Crippen LogP contribution in [0.2, 0.25) is 0 Å². The number of aliphatic carboxylic acids is 1. The van der Waals surface area contributed by atoms with Gasteiger partial charge < -0.3 is 15.4 Å². The zero-order chi connectivity index (χ0) is 12.3. The lowest BCUT2D eigenvalue weighted by molar-refractivity contribution is -0.139. The Morgan fingerprint density at radius 3 is 3.00 bits per heavy atom. The number of H-pyrrole nitrogens is 1. The van der Waals surface area contributed by atoms with Crippen LogP contribution in [-0.4, -0.2) is 22.1 Å². The molecule has 0 fully saturated rings. The van der Waals surface area contributed by atoms with Crippen LogP contribution in [-0.2, 0) is 11.2 Å². The smallest absolute Gasteiger partial charge is 0.327 e. The van der Waals surface area contributed by atoms with Gasteiger partial charge in [0.15, 0.2) is 0 Å². The zero-order valence-electron chi connectivity index (χ0n) is 9.10. The van der Waals surface area contributed by atoms with Gasteiger partial charge in [0, 0.05) is 29.6 Å². The van der Waals surface area contributed by atoms with E-state index in [9.17, 15) is 4.79 Å². The molecule has 0 spiro atoms. The van der Waals surface area contributed by atoms with Crippen molar-refractivity contribution in [1.82, 2.24) is 10.3 Å². The van der Waals surface area contributed by atoms with E-state index < -0.39 is 12.0 Å². The minimum Gasteiger partial charge on any atom is -0.480 e. The quantitative estimate of drug-likeness (QED) is 0.546. The van der Waals surface area contributed by atoms with Crippen molar-refractivity contribution in [1.29, 1.82) is 0 Å². The summed E-state index contributed by atoms with van der Waals surface area (Å²) in [5.41, 5.74) is 1.93. The molecule has 0 bridgehead atoms. The lowest BCUT2D eigenvalue weighted by Crippen LogP contribution is -2.35. The number of terminal acetylenes is 1. The second kappa shape index (κ2) is 4.62. The van der Waals surface area contributed by atoms with Gasteiger partial charge in [-0.15, -0.1) is 0 Å². The van der Waals surface area contributed by atoms with Crippen molar-refractivity contribution in [2.24, 2.45) is 0 Å². The topological polar surface area (TPSA) is 65.1 Å². The number of para-hydroxylation sites is 1. The summed E-state index contributed by atoms with van der Waals surface area (Å²) in [6.07, 6.45) is 7.25. The maximum atomic E-state index is 11.0. The largest absolute Gasteiger partial charge is 0.480 e. The standard InChI is InChI=1S/C13H12N2O2/c1-2-14-12(13(16)17)7-9-8-15-11-6-4-3-5-10(9)11/h1,3-6,8,12,14-15H,7H2,(H,16,17)/t12-/m0/s1. The molecule has 3 N–H and O–H groups in total. The van der Waals surface area contributed by atoms with Crippen molar-refractivity contribution >= 4 is 16.9 Å². The van der Waals surface area contributed by atoms with Gasteiger partial charge in [-0.3, -0.25) is 0 Å². The summed E-state index contributed by atoms with van der Waals surface area (Å²) in [6.45, 7) is 0. The first-order chi connectivity index (χ1) is 8.22. The van der Waals surface area contributed by atoms with E-state index in [1.165, 1.54) is 0 Å². The maximum absolute atomic E-state index is 11.0. The number of fused-ring (bicyclic) bond motifs is 1. The summed E-state index contributed by atoms with van der Waals surface area (Å²) in [5.74, 6) is -0.951. The fourth-order valence-corrected chi connectivity index (χ4v) is 1.82. The third-order valence-corrected chi connectivity index (χ3v) is 2.65. The molecule has 4 heteroatoms. The van der Waals surface area contributed by atoms with Gasteiger partial charge in [-0.1, -0.05) is 24.6 Å². The first kappa shape index (κ1) is 11.1. The molecule has 2 aromatic rings. The molecule has 1 aromatic carbocycles. The van der Waals surface area contributed by atoms with E-state index in [1.807, 2.05) is 30.5 Å². The third-order valence-electron chi connectivity index (χ3n) is 2.65. The van der Waals surface area contributed by atoms with Crippen LogP contribution < -0.4 is 5.32 Å². The normalized spacial score (nSPS) is 11.9. The van der Waals surface area contributed by atoms with E-state index in [0.717, 1.165) is 16.5 Å². The minimum absolute atomic E-state index is 0.351. The van der Waals surface area contributed by atoms with Gasteiger partial charge in [0.1, 0.15) is 6.04 Å². The van der Waals surface area contributed by atoms with Crippen LogP contribution in [0.4, 0.5) is 0 Å². The number of carboxylic acid groups (broad SMARTS) is 1. The van der Waals surface area contributed by atoms with Crippen LogP contribution >= 0.6 is 0 Å². The Kier molecular flexibility index (Phi) is 3.01. The van der Waals surface area contributed by atoms with Crippen molar-refractivity contribution < 1.29 is 9.90 Å². The summed E-state index contributed by atoms with van der Waals surface area (Å²) in [7, 11) is 0. The van der Waals surface area contributed by atoms with E-state index in [4.69, 9.17) is 11.5 Å². The van der Waals surface area contributed by atoms with Gasteiger partial charge >= 0.3 is 5.97 Å². The molecule has 1 heterocycles. The van der Waals surface area contributed by atoms with E-state index in [0.29, 0.717) is 6.42 Å². The predicted molar refractivity (Wildman–Crippen MR) is 65.4 cm³/mol. The van der Waals surface area contributed by atoms with Gasteiger partial charge in [0.25, 0.3) is 0 Å². The van der Waals surface area contributed by atoms with Crippen molar-refractivity contribution in [3.05, 3.63) is 36.0 Å². The number of hydrogen-bond donors (Lipinski definition) is 3. The summed E-state index contributed by atoms with van der Waals surface area (Å²) < 4.78 is 0. The molecule has 0 amide bonds. The van der Waals surface area contributed by atoms with Crippen LogP contribution in [0.5, 0.6) is 0 Å². The van der Waals surface area contributed by atoms with Gasteiger partial charge in [-0.25, -0.2) is 4.79 Å². The molecule has 0 unspecified atom stereocenters. The molecule has 0 aliphatic heterocycles. The zero-order valence-corrected chi connectivity index (χ0v) is 9.10. The lowest BCUT2D eigenvalue weighted by atomic mass is 10.1. The maximum Gasteiger partial charge on any atom is 0.327 e. The first-order valence-electron chi connectivity index (χ1n) is 5.21. The van der Waals surface area contributed by atoms with E-state index in [1.54, 1.807) is 0 Å². The average molecular weight is 228 g/mol. The molecular formula is C13H12N2O2. The molecule has 0 radical (unpaired) electrons. The summed E-state index contributed by atoms with van der Waals surface area (Å²) in [5, 5.41) is 12.5. The number of rotatable bonds is 4. The van der Waals surface area contributed by atoms with Crippen LogP contribution in [0, 0.1) is 12.5 Å². The number of nitrogens with one attached hydrogen (secondary N) is 2.